The fourth-order valence-corrected chi connectivity index (χ4v) is 4.15. The van der Waals surface area contributed by atoms with Gasteiger partial charge in [0.1, 0.15) is 5.82 Å². The second kappa shape index (κ2) is 9.16. The average molecular weight is 459 g/mol. The third-order valence-electron chi connectivity index (χ3n) is 5.95. The van der Waals surface area contributed by atoms with Gasteiger partial charge in [0.2, 0.25) is 5.82 Å². The predicted molar refractivity (Wildman–Crippen MR) is 115 cm³/mol. The third kappa shape index (κ3) is 4.96. The molecule has 174 valence electrons. The van der Waals surface area contributed by atoms with Gasteiger partial charge in [-0.3, -0.25) is 4.79 Å². The predicted octanol–water partition coefficient (Wildman–Crippen LogP) is 3.94. The maximum absolute atomic E-state index is 13.7. The van der Waals surface area contributed by atoms with Gasteiger partial charge in [-0.2, -0.15) is 18.4 Å². The monoisotopic (exact) mass is 459 g/mol. The van der Waals surface area contributed by atoms with Crippen LogP contribution in [0.3, 0.4) is 0 Å². The molecule has 1 saturated heterocycles. The minimum Gasteiger partial charge on any atom is -0.368 e. The van der Waals surface area contributed by atoms with Crippen molar-refractivity contribution in [1.29, 1.82) is 0 Å². The van der Waals surface area contributed by atoms with Crippen LogP contribution < -0.4 is 5.32 Å². The first-order valence-electron chi connectivity index (χ1n) is 10.7. The number of carbonyl (C=O) groups is 1. The van der Waals surface area contributed by atoms with E-state index in [1.165, 1.54) is 6.07 Å². The minimum atomic E-state index is -4.43. The van der Waals surface area contributed by atoms with Crippen molar-refractivity contribution in [2.45, 2.75) is 38.9 Å². The largest absolute Gasteiger partial charge is 0.417 e. The van der Waals surface area contributed by atoms with Crippen molar-refractivity contribution in [1.82, 2.24) is 30.5 Å². The van der Waals surface area contributed by atoms with Crippen LogP contribution in [-0.4, -0.2) is 55.5 Å². The molecule has 4 rings (SSSR count). The number of halogens is 3. The molecule has 3 heterocycles. The minimum absolute atomic E-state index is 0.141. The summed E-state index contributed by atoms with van der Waals surface area (Å²) in [5.41, 5.74) is 1.21. The number of likely N-dealkylation sites (tertiary alicyclic amines) is 1. The van der Waals surface area contributed by atoms with Gasteiger partial charge < -0.3 is 10.2 Å². The number of anilines is 1. The summed E-state index contributed by atoms with van der Waals surface area (Å²) < 4.78 is 38.4. The van der Waals surface area contributed by atoms with Crippen LogP contribution in [0.1, 0.15) is 41.3 Å². The van der Waals surface area contributed by atoms with Crippen molar-refractivity contribution < 1.29 is 18.0 Å². The molecule has 2 N–H and O–H groups in total. The quantitative estimate of drug-likeness (QED) is 0.600. The van der Waals surface area contributed by atoms with Crippen LogP contribution in [0.4, 0.5) is 19.0 Å². The highest BCUT2D eigenvalue weighted by atomic mass is 19.4. The van der Waals surface area contributed by atoms with Crippen molar-refractivity contribution in [3.8, 4) is 11.4 Å². The first kappa shape index (κ1) is 22.7. The highest BCUT2D eigenvalue weighted by Crippen LogP contribution is 2.30. The number of pyridine rings is 1. The summed E-state index contributed by atoms with van der Waals surface area (Å²) in [5, 5.41) is 17.2. The number of nitrogens with one attached hydrogen (secondary N) is 2. The number of H-pyrrole nitrogens is 1. The molecule has 1 fully saturated rings. The highest BCUT2D eigenvalue weighted by Gasteiger charge is 2.34. The van der Waals surface area contributed by atoms with E-state index in [9.17, 15) is 18.0 Å². The molecule has 11 heteroatoms. The van der Waals surface area contributed by atoms with Gasteiger partial charge in [0.25, 0.3) is 5.91 Å². The standard InChI is InChI=1S/C22H24F3N7O/c1-13-5-7-16(20-28-30-31-29-20)17(10-13)21(33)32-9-3-4-14(2)18(32)12-27-19-8-6-15(11-26-19)22(23,24)25/h5-8,10-11,14,18H,3-4,9,12H2,1-2H3,(H,26,27)(H,28,29,30,31)/t14?,18-/m1/s1. The Labute approximate surface area is 188 Å². The molecular formula is C22H24F3N7O. The lowest BCUT2D eigenvalue weighted by Crippen LogP contribution is -2.51. The van der Waals surface area contributed by atoms with Gasteiger partial charge in [0.15, 0.2) is 0 Å². The van der Waals surface area contributed by atoms with Crippen molar-refractivity contribution in [3.05, 3.63) is 53.2 Å². The van der Waals surface area contributed by atoms with Crippen molar-refractivity contribution in [2.24, 2.45) is 5.92 Å². The lowest BCUT2D eigenvalue weighted by Gasteiger charge is -2.40. The van der Waals surface area contributed by atoms with E-state index in [1.807, 2.05) is 24.0 Å². The fourth-order valence-electron chi connectivity index (χ4n) is 4.15. The zero-order chi connectivity index (χ0) is 23.6. The van der Waals surface area contributed by atoms with Crippen LogP contribution in [0.25, 0.3) is 11.4 Å². The number of aromatic nitrogens is 5. The molecule has 0 bridgehead atoms. The van der Waals surface area contributed by atoms with Gasteiger partial charge in [-0.25, -0.2) is 4.98 Å². The molecule has 1 amide bonds. The lowest BCUT2D eigenvalue weighted by molar-refractivity contribution is -0.137. The van der Waals surface area contributed by atoms with Crippen LogP contribution >= 0.6 is 0 Å². The topological polar surface area (TPSA) is 99.7 Å². The molecule has 1 aliphatic heterocycles. The van der Waals surface area contributed by atoms with Crippen LogP contribution in [0.2, 0.25) is 0 Å². The molecular weight excluding hydrogens is 435 g/mol. The number of rotatable bonds is 5. The first-order chi connectivity index (χ1) is 15.7. The van der Waals surface area contributed by atoms with E-state index in [-0.39, 0.29) is 17.9 Å². The van der Waals surface area contributed by atoms with E-state index < -0.39 is 11.7 Å². The Balaban J connectivity index is 1.55. The number of hydrogen-bond donors (Lipinski definition) is 2. The highest BCUT2D eigenvalue weighted by molar-refractivity contribution is 6.00. The number of aromatic amines is 1. The molecule has 33 heavy (non-hydrogen) atoms. The molecule has 2 atom stereocenters. The summed E-state index contributed by atoms with van der Waals surface area (Å²) in [5.74, 6) is 0.726. The van der Waals surface area contributed by atoms with E-state index in [0.29, 0.717) is 35.9 Å². The van der Waals surface area contributed by atoms with E-state index in [1.54, 1.807) is 6.07 Å². The van der Waals surface area contributed by atoms with Gasteiger partial charge in [-0.1, -0.05) is 18.6 Å². The molecule has 2 aromatic heterocycles. The van der Waals surface area contributed by atoms with Crippen molar-refractivity contribution in [2.75, 3.05) is 18.4 Å². The molecule has 0 aliphatic carbocycles. The number of aryl methyl sites for hydroxylation is 1. The molecule has 8 nitrogen and oxygen atoms in total. The Kier molecular flexibility index (Phi) is 6.30. The molecule has 1 aromatic carbocycles. The van der Waals surface area contributed by atoms with Gasteiger partial charge in [0, 0.05) is 24.8 Å². The summed E-state index contributed by atoms with van der Waals surface area (Å²) >= 11 is 0. The van der Waals surface area contributed by atoms with E-state index >= 15 is 0 Å². The second-order valence-corrected chi connectivity index (χ2v) is 8.28. The molecule has 1 unspecified atom stereocenters. The summed E-state index contributed by atoms with van der Waals surface area (Å²) in [6, 6.07) is 7.64. The lowest BCUT2D eigenvalue weighted by atomic mass is 9.89. The smallest absolute Gasteiger partial charge is 0.368 e. The molecule has 3 aromatic rings. The maximum Gasteiger partial charge on any atom is 0.417 e. The number of tetrazole rings is 1. The Morgan fingerprint density at radius 2 is 2.09 bits per heavy atom. The van der Waals surface area contributed by atoms with Gasteiger partial charge in [0.05, 0.1) is 17.2 Å². The zero-order valence-electron chi connectivity index (χ0n) is 18.2. The van der Waals surface area contributed by atoms with E-state index in [4.69, 9.17) is 0 Å². The number of nitrogens with zero attached hydrogens (tertiary/aromatic N) is 5. The molecule has 0 radical (unpaired) electrons. The number of hydrogen-bond acceptors (Lipinski definition) is 6. The van der Waals surface area contributed by atoms with Crippen molar-refractivity contribution >= 4 is 11.7 Å². The van der Waals surface area contributed by atoms with E-state index in [2.05, 4.69) is 37.8 Å². The third-order valence-corrected chi connectivity index (χ3v) is 5.95. The molecule has 0 spiro atoms. The molecule has 1 aliphatic rings. The van der Waals surface area contributed by atoms with Gasteiger partial charge in [-0.15, -0.1) is 10.2 Å². The van der Waals surface area contributed by atoms with Crippen LogP contribution in [0.15, 0.2) is 36.5 Å². The summed E-state index contributed by atoms with van der Waals surface area (Å²) in [6.07, 6.45) is -1.82. The summed E-state index contributed by atoms with van der Waals surface area (Å²) in [7, 11) is 0. The Hall–Kier alpha value is -3.50. The van der Waals surface area contributed by atoms with Crippen LogP contribution in [0.5, 0.6) is 0 Å². The Morgan fingerprint density at radius 1 is 1.27 bits per heavy atom. The van der Waals surface area contributed by atoms with Gasteiger partial charge in [-0.05, 0) is 55.2 Å². The normalized spacial score (nSPS) is 18.9. The van der Waals surface area contributed by atoms with Crippen LogP contribution in [0, 0.1) is 12.8 Å². The number of carbonyl (C=O) groups excluding carboxylic acids is 1. The average Bonchev–Trinajstić information content (AvgIpc) is 3.32. The number of piperidine rings is 1. The van der Waals surface area contributed by atoms with Crippen molar-refractivity contribution in [3.63, 3.8) is 0 Å². The Morgan fingerprint density at radius 3 is 2.76 bits per heavy atom. The Bertz CT molecular complexity index is 1100. The SMILES string of the molecule is Cc1ccc(-c2nn[nH]n2)c(C(=O)N2CCCC(C)[C@H]2CNc2ccc(C(F)(F)F)cn2)c1. The second-order valence-electron chi connectivity index (χ2n) is 8.28. The van der Waals surface area contributed by atoms with E-state index in [0.717, 1.165) is 30.7 Å². The first-order valence-corrected chi connectivity index (χ1v) is 10.7. The summed E-state index contributed by atoms with van der Waals surface area (Å²) in [6.45, 7) is 4.93. The fraction of sp³-hybridized carbons (Fsp3) is 0.409. The van der Waals surface area contributed by atoms with Gasteiger partial charge >= 0.3 is 6.18 Å². The number of alkyl halides is 3. The number of amides is 1. The number of benzene rings is 1. The summed E-state index contributed by atoms with van der Waals surface area (Å²) in [4.78, 5) is 19.4. The van der Waals surface area contributed by atoms with Crippen LogP contribution in [-0.2, 0) is 6.18 Å². The zero-order valence-corrected chi connectivity index (χ0v) is 18.2. The maximum atomic E-state index is 13.7. The molecule has 0 saturated carbocycles.